The average molecular weight is 364 g/mol. The predicted molar refractivity (Wildman–Crippen MR) is 93.5 cm³/mol. The molecule has 2 amide bonds. The molecule has 0 spiro atoms. The van der Waals surface area contributed by atoms with Gasteiger partial charge in [-0.3, -0.25) is 4.79 Å². The Morgan fingerprint density at radius 2 is 2.12 bits per heavy atom. The topological polar surface area (TPSA) is 99.1 Å². The fourth-order valence-corrected chi connectivity index (χ4v) is 2.81. The number of benzene rings is 1. The number of likely N-dealkylation sites (tertiary alicyclic amines) is 1. The molecular formula is C17H22BFN2O5. The molecule has 0 radical (unpaired) electrons. The summed E-state index contributed by atoms with van der Waals surface area (Å²) in [6.45, 7) is 4.28. The van der Waals surface area contributed by atoms with Crippen LogP contribution in [0.2, 0.25) is 0 Å². The molecule has 1 saturated heterocycles. The number of nitrogens with one attached hydrogen (secondary N) is 1. The maximum Gasteiger partial charge on any atom is 0.475 e. The summed E-state index contributed by atoms with van der Waals surface area (Å²) in [5.74, 6) is -1.64. The molecule has 0 aromatic heterocycles. The summed E-state index contributed by atoms with van der Waals surface area (Å²) in [7, 11) is -1.81. The molecule has 3 N–H and O–H groups in total. The second-order valence-electron chi connectivity index (χ2n) is 6.15. The molecule has 7 nitrogen and oxygen atoms in total. The lowest BCUT2D eigenvalue weighted by Crippen LogP contribution is -2.50. The number of amides is 2. The molecule has 2 unspecified atom stereocenters. The maximum absolute atomic E-state index is 12.9. The third kappa shape index (κ3) is 5.85. The zero-order valence-electron chi connectivity index (χ0n) is 14.3. The summed E-state index contributed by atoms with van der Waals surface area (Å²) in [4.78, 5) is 25.3. The molecule has 9 heteroatoms. The van der Waals surface area contributed by atoms with Crippen molar-refractivity contribution in [2.45, 2.75) is 31.3 Å². The van der Waals surface area contributed by atoms with Crippen LogP contribution in [-0.2, 0) is 16.0 Å². The van der Waals surface area contributed by atoms with Gasteiger partial charge >= 0.3 is 13.2 Å². The lowest BCUT2D eigenvalue weighted by molar-refractivity contribution is -0.129. The lowest BCUT2D eigenvalue weighted by Gasteiger charge is -2.32. The van der Waals surface area contributed by atoms with Crippen molar-refractivity contribution in [3.8, 4) is 0 Å². The van der Waals surface area contributed by atoms with Crippen LogP contribution in [0.15, 0.2) is 36.9 Å². The molecule has 0 bridgehead atoms. The van der Waals surface area contributed by atoms with E-state index in [1.54, 1.807) is 4.90 Å². The summed E-state index contributed by atoms with van der Waals surface area (Å²) in [6.07, 6.45) is 1.33. The van der Waals surface area contributed by atoms with Gasteiger partial charge in [0.1, 0.15) is 11.9 Å². The minimum absolute atomic E-state index is 0.0960. The number of hydrogen-bond acceptors (Lipinski definition) is 5. The molecule has 140 valence electrons. The molecule has 1 aliphatic rings. The van der Waals surface area contributed by atoms with E-state index in [-0.39, 0.29) is 18.9 Å². The van der Waals surface area contributed by atoms with Crippen LogP contribution in [0, 0.1) is 5.82 Å². The fourth-order valence-electron chi connectivity index (χ4n) is 2.81. The van der Waals surface area contributed by atoms with Gasteiger partial charge in [0.2, 0.25) is 5.91 Å². The second kappa shape index (κ2) is 9.35. The number of ether oxygens (including phenoxy) is 1. The predicted octanol–water partition coefficient (Wildman–Crippen LogP) is 0.652. The normalized spacial score (nSPS) is 18.0. The van der Waals surface area contributed by atoms with Crippen molar-refractivity contribution in [2.75, 3.05) is 13.1 Å². The summed E-state index contributed by atoms with van der Waals surface area (Å²) in [6, 6.07) is 5.50. The van der Waals surface area contributed by atoms with Crippen molar-refractivity contribution < 1.29 is 28.8 Å². The second-order valence-corrected chi connectivity index (χ2v) is 6.15. The van der Waals surface area contributed by atoms with Gasteiger partial charge in [0.05, 0.1) is 12.5 Å². The van der Waals surface area contributed by atoms with Gasteiger partial charge in [0, 0.05) is 6.54 Å². The first kappa shape index (κ1) is 19.9. The first-order valence-corrected chi connectivity index (χ1v) is 8.38. The number of carbonyl (C=O) groups is 2. The molecule has 2 rings (SSSR count). The number of piperidine rings is 1. The average Bonchev–Trinajstić information content (AvgIpc) is 2.62. The van der Waals surface area contributed by atoms with Crippen LogP contribution in [0.5, 0.6) is 0 Å². The van der Waals surface area contributed by atoms with Crippen LogP contribution in [0.25, 0.3) is 0 Å². The summed E-state index contributed by atoms with van der Waals surface area (Å²) >= 11 is 0. The van der Waals surface area contributed by atoms with E-state index in [0.29, 0.717) is 24.9 Å². The standard InChI is InChI=1S/C17H22BFN2O5/c1-2-16(22)21-9-3-4-14(11-21)26-17(23)20-15(18(24)25)10-12-5-7-13(19)8-6-12/h2,5-8,14-15,24-25H,1,3-4,9-11H2,(H,20,23). The van der Waals surface area contributed by atoms with Crippen molar-refractivity contribution in [3.05, 3.63) is 48.3 Å². The maximum atomic E-state index is 12.9. The molecule has 1 aliphatic heterocycles. The highest BCUT2D eigenvalue weighted by atomic mass is 19.1. The van der Waals surface area contributed by atoms with E-state index in [0.717, 1.165) is 0 Å². The Labute approximate surface area is 151 Å². The Bertz CT molecular complexity index is 641. The van der Waals surface area contributed by atoms with Gasteiger partial charge in [-0.05, 0) is 43.0 Å². The summed E-state index contributed by atoms with van der Waals surface area (Å²) < 4.78 is 18.2. The van der Waals surface area contributed by atoms with Crippen LogP contribution in [0.1, 0.15) is 18.4 Å². The Morgan fingerprint density at radius 1 is 1.42 bits per heavy atom. The van der Waals surface area contributed by atoms with Crippen molar-refractivity contribution >= 4 is 19.1 Å². The van der Waals surface area contributed by atoms with Crippen LogP contribution in [0.4, 0.5) is 9.18 Å². The van der Waals surface area contributed by atoms with E-state index in [9.17, 15) is 24.0 Å². The van der Waals surface area contributed by atoms with Gasteiger partial charge in [-0.2, -0.15) is 0 Å². The minimum Gasteiger partial charge on any atom is -0.444 e. The van der Waals surface area contributed by atoms with Gasteiger partial charge in [-0.1, -0.05) is 18.7 Å². The van der Waals surface area contributed by atoms with E-state index in [4.69, 9.17) is 4.74 Å². The third-order valence-electron chi connectivity index (χ3n) is 4.17. The zero-order chi connectivity index (χ0) is 19.1. The molecule has 0 saturated carbocycles. The molecule has 1 fully saturated rings. The molecule has 0 aliphatic carbocycles. The molecule has 1 aromatic carbocycles. The molecule has 2 atom stereocenters. The number of nitrogens with zero attached hydrogens (tertiary/aromatic N) is 1. The Balaban J connectivity index is 1.89. The van der Waals surface area contributed by atoms with Crippen molar-refractivity contribution in [2.24, 2.45) is 0 Å². The largest absolute Gasteiger partial charge is 0.475 e. The van der Waals surface area contributed by atoms with Gasteiger partial charge in [-0.25, -0.2) is 9.18 Å². The molecular weight excluding hydrogens is 342 g/mol. The van der Waals surface area contributed by atoms with Crippen LogP contribution < -0.4 is 5.32 Å². The molecule has 26 heavy (non-hydrogen) atoms. The number of halogens is 1. The van der Waals surface area contributed by atoms with Gasteiger partial charge in [-0.15, -0.1) is 0 Å². The SMILES string of the molecule is C=CC(=O)N1CCCC(OC(=O)NC(Cc2ccc(F)cc2)B(O)O)C1. The molecule has 1 aromatic rings. The van der Waals surface area contributed by atoms with E-state index < -0.39 is 31.1 Å². The van der Waals surface area contributed by atoms with Crippen molar-refractivity contribution in [1.29, 1.82) is 0 Å². The first-order chi connectivity index (χ1) is 12.4. The first-order valence-electron chi connectivity index (χ1n) is 8.38. The highest BCUT2D eigenvalue weighted by Crippen LogP contribution is 2.14. The van der Waals surface area contributed by atoms with Crippen LogP contribution in [0.3, 0.4) is 0 Å². The molecule has 1 heterocycles. The number of carbonyl (C=O) groups excluding carboxylic acids is 2. The Kier molecular flexibility index (Phi) is 7.17. The van der Waals surface area contributed by atoms with Crippen LogP contribution >= 0.6 is 0 Å². The van der Waals surface area contributed by atoms with Gasteiger partial charge in [0.15, 0.2) is 0 Å². The van der Waals surface area contributed by atoms with E-state index in [1.165, 1.54) is 30.3 Å². The van der Waals surface area contributed by atoms with Crippen LogP contribution in [-0.4, -0.2) is 59.2 Å². The smallest absolute Gasteiger partial charge is 0.444 e. The summed E-state index contributed by atoms with van der Waals surface area (Å²) in [5, 5.41) is 21.4. The summed E-state index contributed by atoms with van der Waals surface area (Å²) in [5.41, 5.74) is 0.630. The Hall–Kier alpha value is -2.39. The van der Waals surface area contributed by atoms with E-state index in [2.05, 4.69) is 11.9 Å². The van der Waals surface area contributed by atoms with Gasteiger partial charge < -0.3 is 25.0 Å². The highest BCUT2D eigenvalue weighted by Gasteiger charge is 2.29. The van der Waals surface area contributed by atoms with E-state index in [1.807, 2.05) is 0 Å². The quantitative estimate of drug-likeness (QED) is 0.509. The Morgan fingerprint density at radius 3 is 2.73 bits per heavy atom. The van der Waals surface area contributed by atoms with Gasteiger partial charge in [0.25, 0.3) is 0 Å². The van der Waals surface area contributed by atoms with Crippen molar-refractivity contribution in [1.82, 2.24) is 10.2 Å². The number of alkyl carbamates (subject to hydrolysis) is 1. The zero-order valence-corrected chi connectivity index (χ0v) is 14.3. The lowest BCUT2D eigenvalue weighted by atomic mass is 9.76. The third-order valence-corrected chi connectivity index (χ3v) is 4.17. The number of hydrogen-bond donors (Lipinski definition) is 3. The van der Waals surface area contributed by atoms with E-state index >= 15 is 0 Å². The minimum atomic E-state index is -1.81. The fraction of sp³-hybridized carbons (Fsp3) is 0.412. The monoisotopic (exact) mass is 364 g/mol. The van der Waals surface area contributed by atoms with Crippen molar-refractivity contribution in [3.63, 3.8) is 0 Å². The highest BCUT2D eigenvalue weighted by molar-refractivity contribution is 6.43. The number of rotatable bonds is 6.